The lowest BCUT2D eigenvalue weighted by Crippen LogP contribution is -2.29. The van der Waals surface area contributed by atoms with Crippen LogP contribution in [0.3, 0.4) is 0 Å². The van der Waals surface area contributed by atoms with E-state index in [9.17, 15) is 0 Å². The monoisotopic (exact) mass is 251 g/mol. The summed E-state index contributed by atoms with van der Waals surface area (Å²) in [5.74, 6) is 2.22. The van der Waals surface area contributed by atoms with E-state index in [1.54, 1.807) is 0 Å². The van der Waals surface area contributed by atoms with Crippen molar-refractivity contribution in [2.45, 2.75) is 54.1 Å². The van der Waals surface area contributed by atoms with E-state index in [0.29, 0.717) is 0 Å². The van der Waals surface area contributed by atoms with Gasteiger partial charge in [-0.1, -0.05) is 34.6 Å². The minimum Gasteiger partial charge on any atom is -0.312 e. The van der Waals surface area contributed by atoms with Crippen LogP contribution in [0.2, 0.25) is 0 Å². The van der Waals surface area contributed by atoms with E-state index >= 15 is 0 Å². The Bertz CT molecular complexity index is 320. The summed E-state index contributed by atoms with van der Waals surface area (Å²) in [7, 11) is 0. The van der Waals surface area contributed by atoms with Crippen molar-refractivity contribution >= 4 is 0 Å². The van der Waals surface area contributed by atoms with Crippen LogP contribution in [0.5, 0.6) is 0 Å². The molecule has 3 nitrogen and oxygen atoms in total. The van der Waals surface area contributed by atoms with E-state index in [0.717, 1.165) is 43.8 Å². The smallest absolute Gasteiger partial charge is 0.0534 e. The zero-order valence-electron chi connectivity index (χ0n) is 12.6. The topological polar surface area (TPSA) is 29.9 Å². The first-order chi connectivity index (χ1) is 8.54. The Hall–Kier alpha value is -0.830. The fourth-order valence-electron chi connectivity index (χ4n) is 2.47. The predicted molar refractivity (Wildman–Crippen MR) is 77.4 cm³/mol. The van der Waals surface area contributed by atoms with Crippen LogP contribution in [-0.4, -0.2) is 16.3 Å². The summed E-state index contributed by atoms with van der Waals surface area (Å²) in [5.41, 5.74) is 1.29. The van der Waals surface area contributed by atoms with Gasteiger partial charge in [-0.05, 0) is 30.7 Å². The third-order valence-electron chi connectivity index (χ3n) is 3.56. The molecule has 0 saturated heterocycles. The first-order valence-electron chi connectivity index (χ1n) is 7.26. The van der Waals surface area contributed by atoms with Crippen molar-refractivity contribution in [2.75, 3.05) is 6.54 Å². The van der Waals surface area contributed by atoms with Gasteiger partial charge in [0.1, 0.15) is 0 Å². The van der Waals surface area contributed by atoms with Crippen molar-refractivity contribution in [3.8, 4) is 0 Å². The van der Waals surface area contributed by atoms with Crippen molar-refractivity contribution in [3.63, 3.8) is 0 Å². The molecule has 0 unspecified atom stereocenters. The molecular formula is C15H29N3. The van der Waals surface area contributed by atoms with E-state index in [4.69, 9.17) is 0 Å². The SMILES string of the molecule is CCCn1cc(CNCC(C(C)C)C(C)C)cn1. The van der Waals surface area contributed by atoms with Gasteiger partial charge in [-0.2, -0.15) is 5.10 Å². The highest BCUT2D eigenvalue weighted by Gasteiger charge is 2.16. The Morgan fingerprint density at radius 1 is 1.22 bits per heavy atom. The molecule has 1 N–H and O–H groups in total. The molecule has 1 heterocycles. The molecule has 0 bridgehead atoms. The zero-order chi connectivity index (χ0) is 13.5. The molecule has 1 aromatic rings. The number of hydrogen-bond donors (Lipinski definition) is 1. The zero-order valence-corrected chi connectivity index (χ0v) is 12.6. The lowest BCUT2D eigenvalue weighted by atomic mass is 9.85. The van der Waals surface area contributed by atoms with E-state index in [1.165, 1.54) is 5.56 Å². The standard InChI is InChI=1S/C15H29N3/c1-6-7-18-11-14(9-17-18)8-16-10-15(12(2)3)13(4)5/h9,11-13,15-16H,6-8,10H2,1-5H3. The number of aryl methyl sites for hydroxylation is 1. The quantitative estimate of drug-likeness (QED) is 0.768. The normalized spacial score (nSPS) is 12.0. The third-order valence-corrected chi connectivity index (χ3v) is 3.56. The molecule has 0 atom stereocenters. The van der Waals surface area contributed by atoms with E-state index < -0.39 is 0 Å². The van der Waals surface area contributed by atoms with Crippen molar-refractivity contribution in [3.05, 3.63) is 18.0 Å². The van der Waals surface area contributed by atoms with Gasteiger partial charge in [-0.15, -0.1) is 0 Å². The molecule has 0 amide bonds. The first kappa shape index (κ1) is 15.2. The number of rotatable bonds is 8. The molecule has 0 aliphatic carbocycles. The molecule has 0 fully saturated rings. The van der Waals surface area contributed by atoms with Gasteiger partial charge in [0.05, 0.1) is 6.20 Å². The fourth-order valence-corrected chi connectivity index (χ4v) is 2.47. The largest absolute Gasteiger partial charge is 0.312 e. The summed E-state index contributed by atoms with van der Waals surface area (Å²) in [5, 5.41) is 7.92. The molecule has 0 aromatic carbocycles. The summed E-state index contributed by atoms with van der Waals surface area (Å²) < 4.78 is 2.03. The Kier molecular flexibility index (Phi) is 6.41. The fraction of sp³-hybridized carbons (Fsp3) is 0.800. The van der Waals surface area contributed by atoms with Gasteiger partial charge < -0.3 is 5.32 Å². The summed E-state index contributed by atoms with van der Waals surface area (Å²) in [6.45, 7) is 14.5. The van der Waals surface area contributed by atoms with Crippen LogP contribution in [0.15, 0.2) is 12.4 Å². The Morgan fingerprint density at radius 2 is 1.89 bits per heavy atom. The van der Waals surface area contributed by atoms with Gasteiger partial charge >= 0.3 is 0 Å². The van der Waals surface area contributed by atoms with Crippen molar-refractivity contribution in [1.29, 1.82) is 0 Å². The molecule has 18 heavy (non-hydrogen) atoms. The Labute approximate surface area is 112 Å². The molecule has 0 spiro atoms. The summed E-state index contributed by atoms with van der Waals surface area (Å²) in [4.78, 5) is 0. The second-order valence-corrected chi connectivity index (χ2v) is 5.89. The second-order valence-electron chi connectivity index (χ2n) is 5.89. The molecule has 0 aliphatic rings. The van der Waals surface area contributed by atoms with Crippen LogP contribution in [0.25, 0.3) is 0 Å². The maximum Gasteiger partial charge on any atom is 0.0534 e. The maximum absolute atomic E-state index is 4.35. The van der Waals surface area contributed by atoms with Gasteiger partial charge in [0.25, 0.3) is 0 Å². The maximum atomic E-state index is 4.35. The van der Waals surface area contributed by atoms with Gasteiger partial charge in [0, 0.05) is 24.8 Å². The molecule has 0 radical (unpaired) electrons. The molecule has 0 saturated carbocycles. The number of aromatic nitrogens is 2. The van der Waals surface area contributed by atoms with Gasteiger partial charge in [-0.25, -0.2) is 0 Å². The van der Waals surface area contributed by atoms with Crippen LogP contribution in [0.1, 0.15) is 46.6 Å². The van der Waals surface area contributed by atoms with E-state index in [-0.39, 0.29) is 0 Å². The van der Waals surface area contributed by atoms with Gasteiger partial charge in [0.15, 0.2) is 0 Å². The molecule has 3 heteroatoms. The summed E-state index contributed by atoms with van der Waals surface area (Å²) in [6, 6.07) is 0. The van der Waals surface area contributed by atoms with Crippen LogP contribution < -0.4 is 5.32 Å². The predicted octanol–water partition coefficient (Wildman–Crippen LogP) is 3.31. The minimum absolute atomic E-state index is 0.736. The van der Waals surface area contributed by atoms with Gasteiger partial charge in [0.2, 0.25) is 0 Å². The van der Waals surface area contributed by atoms with Crippen molar-refractivity contribution < 1.29 is 0 Å². The lowest BCUT2D eigenvalue weighted by Gasteiger charge is -2.25. The highest BCUT2D eigenvalue weighted by Crippen LogP contribution is 2.19. The third kappa shape index (κ3) is 4.81. The van der Waals surface area contributed by atoms with Gasteiger partial charge in [-0.3, -0.25) is 4.68 Å². The Balaban J connectivity index is 2.35. The average molecular weight is 251 g/mol. The molecule has 1 aromatic heterocycles. The molecule has 0 aliphatic heterocycles. The van der Waals surface area contributed by atoms with Crippen molar-refractivity contribution in [2.24, 2.45) is 17.8 Å². The lowest BCUT2D eigenvalue weighted by molar-refractivity contribution is 0.275. The highest BCUT2D eigenvalue weighted by molar-refractivity contribution is 5.03. The highest BCUT2D eigenvalue weighted by atomic mass is 15.3. The number of hydrogen-bond acceptors (Lipinski definition) is 2. The first-order valence-corrected chi connectivity index (χ1v) is 7.26. The van der Waals surface area contributed by atoms with E-state index in [1.807, 2.05) is 10.9 Å². The van der Waals surface area contributed by atoms with Crippen LogP contribution in [-0.2, 0) is 13.1 Å². The summed E-state index contributed by atoms with van der Waals surface area (Å²) in [6.07, 6.45) is 5.26. The van der Waals surface area contributed by atoms with Crippen LogP contribution >= 0.6 is 0 Å². The summed E-state index contributed by atoms with van der Waals surface area (Å²) >= 11 is 0. The number of nitrogens with one attached hydrogen (secondary N) is 1. The average Bonchev–Trinajstić information content (AvgIpc) is 2.71. The Morgan fingerprint density at radius 3 is 2.44 bits per heavy atom. The second kappa shape index (κ2) is 7.57. The molecule has 104 valence electrons. The van der Waals surface area contributed by atoms with E-state index in [2.05, 4.69) is 51.2 Å². The number of nitrogens with zero attached hydrogens (tertiary/aromatic N) is 2. The van der Waals surface area contributed by atoms with Crippen molar-refractivity contribution in [1.82, 2.24) is 15.1 Å². The molecule has 1 rings (SSSR count). The van der Waals surface area contributed by atoms with Crippen LogP contribution in [0.4, 0.5) is 0 Å². The van der Waals surface area contributed by atoms with Crippen LogP contribution in [0, 0.1) is 17.8 Å². The minimum atomic E-state index is 0.736. The molecular weight excluding hydrogens is 222 g/mol.